The number of amides is 2. The second-order valence-electron chi connectivity index (χ2n) is 11.4. The maximum absolute atomic E-state index is 13.5. The Morgan fingerprint density at radius 1 is 1.03 bits per heavy atom. The third-order valence-corrected chi connectivity index (χ3v) is 6.71. The zero-order valence-electron chi connectivity index (χ0n) is 21.2. The normalized spacial score (nSPS) is 29.3. The first-order chi connectivity index (χ1) is 14.5. The van der Waals surface area contributed by atoms with Crippen LogP contribution in [-0.2, 0) is 28.4 Å². The van der Waals surface area contributed by atoms with Gasteiger partial charge in [0.1, 0.15) is 6.10 Å². The van der Waals surface area contributed by atoms with Crippen LogP contribution in [0.3, 0.4) is 0 Å². The Balaban J connectivity index is 2.22. The van der Waals surface area contributed by atoms with Gasteiger partial charge in [0.2, 0.25) is 11.8 Å². The van der Waals surface area contributed by atoms with Crippen molar-refractivity contribution < 1.29 is 28.4 Å². The summed E-state index contributed by atoms with van der Waals surface area (Å²) in [6.45, 7) is 16.4. The van der Waals surface area contributed by atoms with Crippen LogP contribution in [0.1, 0.15) is 88.0 Å². The van der Waals surface area contributed by atoms with Crippen molar-refractivity contribution in [2.45, 2.75) is 123 Å². The molecule has 0 spiro atoms. The number of carbonyl (C=O) groups excluding carboxylic acids is 3. The molecular formula is C23H41BN2O6. The van der Waals surface area contributed by atoms with Gasteiger partial charge in [-0.2, -0.15) is 0 Å². The molecule has 0 bridgehead atoms. The van der Waals surface area contributed by atoms with Crippen LogP contribution in [0.15, 0.2) is 0 Å². The van der Waals surface area contributed by atoms with Gasteiger partial charge in [-0.25, -0.2) is 0 Å². The fraction of sp³-hybridized carbons (Fsp3) is 0.870. The molecule has 1 aliphatic heterocycles. The van der Waals surface area contributed by atoms with Crippen LogP contribution >= 0.6 is 0 Å². The van der Waals surface area contributed by atoms with Crippen LogP contribution in [0.25, 0.3) is 0 Å². The summed E-state index contributed by atoms with van der Waals surface area (Å²) in [5.41, 5.74) is -2.60. The zero-order valence-corrected chi connectivity index (χ0v) is 21.2. The summed E-state index contributed by atoms with van der Waals surface area (Å²) in [5, 5.41) is 5.85. The van der Waals surface area contributed by atoms with Gasteiger partial charge < -0.3 is 24.7 Å². The topological polar surface area (TPSA) is 103 Å². The monoisotopic (exact) mass is 452 g/mol. The van der Waals surface area contributed by atoms with E-state index in [-0.39, 0.29) is 24.9 Å². The standard InChI is InChI=1S/C23H41BN2O6/c1-15(27)25-23(19(29)26-20(3,4)5)14-17(10-11-18(23)30-16(2)28)12-13-24-31-21(6,7)22(8,9)32-24/h17-18H,10-14H2,1-9H3,(H,25,27)(H,26,29)/t17-,18-,23+/m0/s1. The molecule has 0 aromatic carbocycles. The van der Waals surface area contributed by atoms with E-state index in [1.165, 1.54) is 13.8 Å². The molecule has 2 rings (SSSR count). The highest BCUT2D eigenvalue weighted by atomic mass is 16.7. The molecule has 1 saturated heterocycles. The quantitative estimate of drug-likeness (QED) is 0.475. The summed E-state index contributed by atoms with van der Waals surface area (Å²) in [6, 6.07) is 0. The van der Waals surface area contributed by atoms with E-state index in [0.717, 1.165) is 12.8 Å². The molecular weight excluding hydrogens is 411 g/mol. The molecule has 8 nitrogen and oxygen atoms in total. The maximum Gasteiger partial charge on any atom is 0.457 e. The van der Waals surface area contributed by atoms with Crippen molar-refractivity contribution in [1.82, 2.24) is 10.6 Å². The summed E-state index contributed by atoms with van der Waals surface area (Å²) in [4.78, 5) is 37.4. The zero-order chi connectivity index (χ0) is 24.5. The summed E-state index contributed by atoms with van der Waals surface area (Å²) >= 11 is 0. The van der Waals surface area contributed by atoms with Crippen LogP contribution in [0, 0.1) is 5.92 Å². The van der Waals surface area contributed by atoms with Gasteiger partial charge in [-0.15, -0.1) is 0 Å². The summed E-state index contributed by atoms with van der Waals surface area (Å²) < 4.78 is 17.8. The van der Waals surface area contributed by atoms with Crippen LogP contribution < -0.4 is 10.6 Å². The molecule has 0 unspecified atom stereocenters. The molecule has 9 heteroatoms. The first kappa shape index (κ1) is 26.6. The van der Waals surface area contributed by atoms with E-state index >= 15 is 0 Å². The van der Waals surface area contributed by atoms with Gasteiger partial charge in [-0.1, -0.05) is 6.42 Å². The highest BCUT2D eigenvalue weighted by molar-refractivity contribution is 6.45. The smallest absolute Gasteiger partial charge is 0.457 e. The fourth-order valence-electron chi connectivity index (χ4n) is 4.58. The lowest BCUT2D eigenvalue weighted by atomic mass is 9.68. The highest BCUT2D eigenvalue weighted by Crippen LogP contribution is 2.41. The van der Waals surface area contributed by atoms with E-state index < -0.39 is 34.4 Å². The second kappa shape index (κ2) is 9.33. The lowest BCUT2D eigenvalue weighted by Gasteiger charge is -2.46. The van der Waals surface area contributed by atoms with Crippen LogP contribution in [0.4, 0.5) is 0 Å². The first-order valence-electron chi connectivity index (χ1n) is 11.6. The summed E-state index contributed by atoms with van der Waals surface area (Å²) in [5.74, 6) is -0.994. The van der Waals surface area contributed by atoms with E-state index in [1.807, 2.05) is 48.5 Å². The minimum absolute atomic E-state index is 0.137. The molecule has 0 aromatic heterocycles. The van der Waals surface area contributed by atoms with Gasteiger partial charge in [0.15, 0.2) is 5.54 Å². The number of nitrogens with one attached hydrogen (secondary N) is 2. The van der Waals surface area contributed by atoms with Crippen molar-refractivity contribution in [3.8, 4) is 0 Å². The van der Waals surface area contributed by atoms with Gasteiger partial charge in [0, 0.05) is 19.4 Å². The SMILES string of the molecule is CC(=O)N[C@]1(C(=O)NC(C)(C)C)C[C@H](CCB2OC(C)(C)C(C)(C)O2)CC[C@@H]1OC(C)=O. The average Bonchev–Trinajstić information content (AvgIpc) is 2.79. The van der Waals surface area contributed by atoms with E-state index in [9.17, 15) is 14.4 Å². The van der Waals surface area contributed by atoms with E-state index in [2.05, 4.69) is 10.6 Å². The van der Waals surface area contributed by atoms with Crippen molar-refractivity contribution >= 4 is 24.9 Å². The number of hydrogen-bond donors (Lipinski definition) is 2. The molecule has 32 heavy (non-hydrogen) atoms. The molecule has 2 aliphatic rings. The van der Waals surface area contributed by atoms with Gasteiger partial charge in [0.25, 0.3) is 0 Å². The molecule has 0 aromatic rings. The van der Waals surface area contributed by atoms with Crippen LogP contribution in [0.2, 0.25) is 6.32 Å². The van der Waals surface area contributed by atoms with Crippen molar-refractivity contribution in [3.63, 3.8) is 0 Å². The predicted molar refractivity (Wildman–Crippen MR) is 123 cm³/mol. The number of hydrogen-bond acceptors (Lipinski definition) is 6. The van der Waals surface area contributed by atoms with Gasteiger partial charge in [-0.3, -0.25) is 14.4 Å². The molecule has 1 saturated carbocycles. The molecule has 3 atom stereocenters. The fourth-order valence-corrected chi connectivity index (χ4v) is 4.58. The van der Waals surface area contributed by atoms with E-state index in [4.69, 9.17) is 14.0 Å². The van der Waals surface area contributed by atoms with Crippen molar-refractivity contribution in [2.24, 2.45) is 5.92 Å². The molecule has 2 N–H and O–H groups in total. The Morgan fingerprint density at radius 3 is 2.06 bits per heavy atom. The summed E-state index contributed by atoms with van der Waals surface area (Å²) in [6.07, 6.45) is 2.39. The van der Waals surface area contributed by atoms with Crippen LogP contribution in [0.5, 0.6) is 0 Å². The third kappa shape index (κ3) is 6.25. The number of esters is 1. The Hall–Kier alpha value is -1.61. The molecule has 1 aliphatic carbocycles. The van der Waals surface area contributed by atoms with Gasteiger partial charge >= 0.3 is 13.1 Å². The average molecular weight is 452 g/mol. The number of rotatable bonds is 6. The van der Waals surface area contributed by atoms with Gasteiger partial charge in [-0.05, 0) is 80.0 Å². The molecule has 182 valence electrons. The molecule has 2 amide bonds. The van der Waals surface area contributed by atoms with Crippen molar-refractivity contribution in [2.75, 3.05) is 0 Å². The summed E-state index contributed by atoms with van der Waals surface area (Å²) in [7, 11) is -0.315. The van der Waals surface area contributed by atoms with Gasteiger partial charge in [0.05, 0.1) is 11.2 Å². The lowest BCUT2D eigenvalue weighted by Crippen LogP contribution is -2.69. The highest BCUT2D eigenvalue weighted by Gasteiger charge is 2.54. The Labute approximate surface area is 193 Å². The maximum atomic E-state index is 13.5. The predicted octanol–water partition coefficient (Wildman–Crippen LogP) is 2.99. The Morgan fingerprint density at radius 2 is 1.59 bits per heavy atom. The number of carbonyl (C=O) groups is 3. The van der Waals surface area contributed by atoms with Crippen molar-refractivity contribution in [3.05, 3.63) is 0 Å². The molecule has 1 heterocycles. The van der Waals surface area contributed by atoms with E-state index in [0.29, 0.717) is 19.2 Å². The minimum Gasteiger partial charge on any atom is -0.459 e. The lowest BCUT2D eigenvalue weighted by molar-refractivity contribution is -0.161. The Bertz CT molecular complexity index is 716. The Kier molecular flexibility index (Phi) is 7.77. The van der Waals surface area contributed by atoms with Crippen molar-refractivity contribution in [1.29, 1.82) is 0 Å². The van der Waals surface area contributed by atoms with E-state index in [1.54, 1.807) is 0 Å². The molecule has 2 fully saturated rings. The first-order valence-corrected chi connectivity index (χ1v) is 11.6. The second-order valence-corrected chi connectivity index (χ2v) is 11.4. The van der Waals surface area contributed by atoms with Crippen LogP contribution in [-0.4, -0.2) is 53.3 Å². The molecule has 0 radical (unpaired) electrons. The minimum atomic E-state index is -1.32. The number of ether oxygens (including phenoxy) is 1. The largest absolute Gasteiger partial charge is 0.459 e. The third-order valence-electron chi connectivity index (χ3n) is 6.71.